The van der Waals surface area contributed by atoms with Gasteiger partial charge in [-0.1, -0.05) is 0 Å². The van der Waals surface area contributed by atoms with Crippen LogP contribution in [0.3, 0.4) is 0 Å². The largest absolute Gasteiger partial charge is 0.265 e. The van der Waals surface area contributed by atoms with E-state index in [1.54, 1.807) is 18.2 Å². The standard InChI is InChI=1S/C12H10N4O2S/c1-9-4-6-15-12(7-9)16-19(17,18)11-3-2-5-14-10(11)8-13/h2-7H,1H3,(H,15,16). The third-order valence-corrected chi connectivity index (χ3v) is 3.71. The van der Waals surface area contributed by atoms with E-state index in [1.807, 2.05) is 6.92 Å². The second-order valence-corrected chi connectivity index (χ2v) is 5.44. The molecule has 6 nitrogen and oxygen atoms in total. The van der Waals surface area contributed by atoms with Gasteiger partial charge in [0.2, 0.25) is 0 Å². The van der Waals surface area contributed by atoms with Crippen LogP contribution in [-0.4, -0.2) is 18.4 Å². The van der Waals surface area contributed by atoms with E-state index >= 15 is 0 Å². The molecule has 0 amide bonds. The van der Waals surface area contributed by atoms with E-state index in [0.717, 1.165) is 5.56 Å². The van der Waals surface area contributed by atoms with Crippen LogP contribution < -0.4 is 4.72 Å². The molecule has 0 saturated heterocycles. The first-order chi connectivity index (χ1) is 9.03. The van der Waals surface area contributed by atoms with Gasteiger partial charge in [0.1, 0.15) is 16.8 Å². The van der Waals surface area contributed by atoms with Crippen molar-refractivity contribution in [3.05, 3.63) is 47.9 Å². The molecule has 0 bridgehead atoms. The maximum Gasteiger partial charge on any atom is 0.265 e. The van der Waals surface area contributed by atoms with E-state index < -0.39 is 10.0 Å². The van der Waals surface area contributed by atoms with Crippen molar-refractivity contribution in [2.75, 3.05) is 4.72 Å². The Hall–Kier alpha value is -2.46. The molecule has 0 aliphatic heterocycles. The number of anilines is 1. The molecule has 0 aliphatic carbocycles. The van der Waals surface area contributed by atoms with Crippen LogP contribution in [0.4, 0.5) is 5.82 Å². The summed E-state index contributed by atoms with van der Waals surface area (Å²) in [4.78, 5) is 7.47. The first-order valence-electron chi connectivity index (χ1n) is 5.33. The molecule has 0 aliphatic rings. The fraction of sp³-hybridized carbons (Fsp3) is 0.0833. The highest BCUT2D eigenvalue weighted by molar-refractivity contribution is 7.92. The van der Waals surface area contributed by atoms with Gasteiger partial charge < -0.3 is 0 Å². The molecule has 0 saturated carbocycles. The van der Waals surface area contributed by atoms with Crippen LogP contribution in [-0.2, 0) is 10.0 Å². The number of pyridine rings is 2. The molecule has 0 spiro atoms. The molecule has 2 rings (SSSR count). The number of aromatic nitrogens is 2. The summed E-state index contributed by atoms with van der Waals surface area (Å²) in [6.45, 7) is 1.82. The van der Waals surface area contributed by atoms with Crippen molar-refractivity contribution in [2.45, 2.75) is 11.8 Å². The van der Waals surface area contributed by atoms with E-state index in [2.05, 4.69) is 14.7 Å². The second kappa shape index (κ2) is 5.04. The molecule has 1 N–H and O–H groups in total. The lowest BCUT2D eigenvalue weighted by Gasteiger charge is -2.08. The highest BCUT2D eigenvalue weighted by Gasteiger charge is 2.19. The Labute approximate surface area is 110 Å². The Kier molecular flexibility index (Phi) is 3.44. The number of rotatable bonds is 3. The molecule has 0 radical (unpaired) electrons. The van der Waals surface area contributed by atoms with Gasteiger partial charge in [0, 0.05) is 12.4 Å². The average molecular weight is 274 g/mol. The van der Waals surface area contributed by atoms with Gasteiger partial charge in [-0.25, -0.2) is 18.4 Å². The van der Waals surface area contributed by atoms with Gasteiger partial charge in [-0.15, -0.1) is 0 Å². The van der Waals surface area contributed by atoms with Crippen molar-refractivity contribution in [1.82, 2.24) is 9.97 Å². The van der Waals surface area contributed by atoms with Crippen LogP contribution in [0.2, 0.25) is 0 Å². The molecule has 2 aromatic heterocycles. The van der Waals surface area contributed by atoms with Gasteiger partial charge in [0.25, 0.3) is 10.0 Å². The Morgan fingerprint density at radius 3 is 2.74 bits per heavy atom. The summed E-state index contributed by atoms with van der Waals surface area (Å²) in [6.07, 6.45) is 2.87. The average Bonchev–Trinajstić information content (AvgIpc) is 2.38. The Balaban J connectivity index is 2.41. The normalized spacial score (nSPS) is 10.7. The number of nitrogens with one attached hydrogen (secondary N) is 1. The summed E-state index contributed by atoms with van der Waals surface area (Å²) in [7, 11) is -3.87. The van der Waals surface area contributed by atoms with Crippen LogP contribution in [0.1, 0.15) is 11.3 Å². The molecular weight excluding hydrogens is 264 g/mol. The minimum atomic E-state index is -3.87. The van der Waals surface area contributed by atoms with Crippen LogP contribution in [0, 0.1) is 18.3 Å². The third kappa shape index (κ3) is 2.86. The summed E-state index contributed by atoms with van der Waals surface area (Å²) in [5, 5.41) is 8.87. The number of hydrogen-bond acceptors (Lipinski definition) is 5. The zero-order valence-electron chi connectivity index (χ0n) is 10.0. The number of nitriles is 1. The SMILES string of the molecule is Cc1ccnc(NS(=O)(=O)c2cccnc2C#N)c1. The minimum Gasteiger partial charge on any atom is -0.263 e. The number of aryl methyl sites for hydroxylation is 1. The van der Waals surface area contributed by atoms with E-state index in [1.165, 1.54) is 24.5 Å². The number of hydrogen-bond donors (Lipinski definition) is 1. The monoisotopic (exact) mass is 274 g/mol. The third-order valence-electron chi connectivity index (χ3n) is 2.32. The fourth-order valence-electron chi connectivity index (χ4n) is 1.48. The maximum absolute atomic E-state index is 12.2. The molecule has 0 fully saturated rings. The van der Waals surface area contributed by atoms with Gasteiger partial charge in [0.05, 0.1) is 0 Å². The molecule has 96 valence electrons. The van der Waals surface area contributed by atoms with Gasteiger partial charge >= 0.3 is 0 Å². The summed E-state index contributed by atoms with van der Waals surface area (Å²) in [6, 6.07) is 7.88. The van der Waals surface area contributed by atoms with Crippen LogP contribution in [0.15, 0.2) is 41.6 Å². The number of nitrogens with zero attached hydrogens (tertiary/aromatic N) is 3. The Morgan fingerprint density at radius 2 is 2.05 bits per heavy atom. The van der Waals surface area contributed by atoms with Crippen LogP contribution in [0.5, 0.6) is 0 Å². The Morgan fingerprint density at radius 1 is 1.26 bits per heavy atom. The second-order valence-electron chi connectivity index (χ2n) is 3.79. The highest BCUT2D eigenvalue weighted by Crippen LogP contribution is 2.16. The molecule has 19 heavy (non-hydrogen) atoms. The van der Waals surface area contributed by atoms with Gasteiger partial charge in [-0.3, -0.25) is 4.72 Å². The topological polar surface area (TPSA) is 95.7 Å². The molecular formula is C12H10N4O2S. The van der Waals surface area contributed by atoms with Crippen molar-refractivity contribution in [3.63, 3.8) is 0 Å². The Bertz CT molecular complexity index is 750. The van der Waals surface area contributed by atoms with Crippen molar-refractivity contribution in [1.29, 1.82) is 5.26 Å². The van der Waals surface area contributed by atoms with E-state index in [9.17, 15) is 8.42 Å². The zero-order chi connectivity index (χ0) is 13.9. The van der Waals surface area contributed by atoms with Crippen molar-refractivity contribution in [3.8, 4) is 6.07 Å². The van der Waals surface area contributed by atoms with Crippen molar-refractivity contribution >= 4 is 15.8 Å². The van der Waals surface area contributed by atoms with E-state index in [0.29, 0.717) is 0 Å². The molecule has 2 aromatic rings. The minimum absolute atomic E-state index is 0.150. The summed E-state index contributed by atoms with van der Waals surface area (Å²) in [5.74, 6) is 0.202. The number of sulfonamides is 1. The predicted molar refractivity (Wildman–Crippen MR) is 68.7 cm³/mol. The molecule has 7 heteroatoms. The lowest BCUT2D eigenvalue weighted by Crippen LogP contribution is -2.15. The van der Waals surface area contributed by atoms with Crippen LogP contribution >= 0.6 is 0 Å². The molecule has 0 unspecified atom stereocenters. The molecule has 0 atom stereocenters. The summed E-state index contributed by atoms with van der Waals surface area (Å²) < 4.78 is 26.6. The predicted octanol–water partition coefficient (Wildman–Crippen LogP) is 1.46. The summed E-state index contributed by atoms with van der Waals surface area (Å²) in [5.41, 5.74) is 0.724. The van der Waals surface area contributed by atoms with Crippen molar-refractivity contribution in [2.24, 2.45) is 0 Å². The lowest BCUT2D eigenvalue weighted by molar-refractivity contribution is 0.600. The van der Waals surface area contributed by atoms with Gasteiger partial charge in [-0.2, -0.15) is 5.26 Å². The smallest absolute Gasteiger partial charge is 0.263 e. The molecule has 0 aromatic carbocycles. The fourth-order valence-corrected chi connectivity index (χ4v) is 2.58. The maximum atomic E-state index is 12.2. The molecule has 2 heterocycles. The first kappa shape index (κ1) is 13.0. The lowest BCUT2D eigenvalue weighted by atomic mass is 10.3. The zero-order valence-corrected chi connectivity index (χ0v) is 10.8. The van der Waals surface area contributed by atoms with E-state index in [-0.39, 0.29) is 16.4 Å². The highest BCUT2D eigenvalue weighted by atomic mass is 32.2. The summed E-state index contributed by atoms with van der Waals surface area (Å²) >= 11 is 0. The quantitative estimate of drug-likeness (QED) is 0.914. The van der Waals surface area contributed by atoms with Gasteiger partial charge in [0.15, 0.2) is 5.69 Å². The van der Waals surface area contributed by atoms with Crippen molar-refractivity contribution < 1.29 is 8.42 Å². The van der Waals surface area contributed by atoms with Crippen LogP contribution in [0.25, 0.3) is 0 Å². The first-order valence-corrected chi connectivity index (χ1v) is 6.82. The van der Waals surface area contributed by atoms with E-state index in [4.69, 9.17) is 5.26 Å². The van der Waals surface area contributed by atoms with Gasteiger partial charge in [-0.05, 0) is 36.8 Å².